The van der Waals surface area contributed by atoms with Gasteiger partial charge in [0.05, 0.1) is 0 Å². The van der Waals surface area contributed by atoms with E-state index in [-0.39, 0.29) is 0 Å². The molecule has 0 heterocycles. The zero-order valence-electron chi connectivity index (χ0n) is 7.74. The molecule has 0 aliphatic heterocycles. The van der Waals surface area contributed by atoms with E-state index in [0.717, 1.165) is 17.1 Å². The van der Waals surface area contributed by atoms with Crippen LogP contribution in [0.15, 0.2) is 0 Å². The summed E-state index contributed by atoms with van der Waals surface area (Å²) in [5.41, 5.74) is 0. The normalized spacial score (nSPS) is 12.3. The van der Waals surface area contributed by atoms with Crippen LogP contribution in [0.3, 0.4) is 0 Å². The number of hydrogen-bond acceptors (Lipinski definition) is 1. The lowest BCUT2D eigenvalue weighted by Gasteiger charge is -2.14. The Kier molecular flexibility index (Phi) is 5.30. The van der Waals surface area contributed by atoms with E-state index in [1.54, 1.807) is 0 Å². The van der Waals surface area contributed by atoms with Crippen LogP contribution >= 0.6 is 0 Å². The van der Waals surface area contributed by atoms with E-state index in [0.29, 0.717) is 0 Å². The molecule has 0 spiro atoms. The summed E-state index contributed by atoms with van der Waals surface area (Å²) in [5.74, 6) is 0. The van der Waals surface area contributed by atoms with Gasteiger partial charge in [0.2, 0.25) is 0 Å². The molecule has 0 aliphatic rings. The first kappa shape index (κ1) is 10.4. The molecule has 0 aromatic rings. The van der Waals surface area contributed by atoms with Gasteiger partial charge in [0, 0.05) is 14.7 Å². The van der Waals surface area contributed by atoms with Crippen molar-refractivity contribution in [2.75, 3.05) is 6.61 Å². The zero-order valence-corrected chi connectivity index (χ0v) is 10.7. The Morgan fingerprint density at radius 2 is 1.80 bits per heavy atom. The fourth-order valence-electron chi connectivity index (χ4n) is 0.902. The van der Waals surface area contributed by atoms with Crippen molar-refractivity contribution in [3.63, 3.8) is 0 Å². The number of hydrogen-bond donors (Lipinski definition) is 0. The topological polar surface area (TPSA) is 9.23 Å². The summed E-state index contributed by atoms with van der Waals surface area (Å²) in [6.45, 7) is 8.27. The second kappa shape index (κ2) is 5.10. The van der Waals surface area contributed by atoms with Gasteiger partial charge in [-0.3, -0.25) is 0 Å². The summed E-state index contributed by atoms with van der Waals surface area (Å²) in [6.07, 6.45) is 2.64. The Labute approximate surface area is 68.7 Å². The van der Waals surface area contributed by atoms with E-state index >= 15 is 0 Å². The first-order chi connectivity index (χ1) is 4.56. The molecule has 0 aromatic carbocycles. The minimum absolute atomic E-state index is 0.751. The number of unbranched alkanes of at least 4 members (excludes halogenated alkanes) is 1. The SMILES string of the molecule is C[Si](C)(C)CCCCO[SiH3]. The Morgan fingerprint density at radius 1 is 1.20 bits per heavy atom. The van der Waals surface area contributed by atoms with Crippen LogP contribution < -0.4 is 0 Å². The molecule has 0 fully saturated rings. The molecule has 0 atom stereocenters. The molecule has 0 saturated carbocycles. The van der Waals surface area contributed by atoms with Crippen LogP contribution in [0, 0.1) is 0 Å². The third-order valence-electron chi connectivity index (χ3n) is 1.53. The molecular formula is C7H20OSi2. The van der Waals surface area contributed by atoms with E-state index in [2.05, 4.69) is 19.6 Å². The van der Waals surface area contributed by atoms with Gasteiger partial charge in [-0.1, -0.05) is 32.1 Å². The molecule has 0 aromatic heterocycles. The summed E-state index contributed by atoms with van der Waals surface area (Å²) in [7, 11) is 0.155. The highest BCUT2D eigenvalue weighted by molar-refractivity contribution is 6.76. The van der Waals surface area contributed by atoms with Crippen molar-refractivity contribution >= 4 is 18.6 Å². The lowest BCUT2D eigenvalue weighted by molar-refractivity contribution is 0.339. The van der Waals surface area contributed by atoms with Crippen LogP contribution in [0.4, 0.5) is 0 Å². The zero-order chi connectivity index (χ0) is 8.04. The largest absolute Gasteiger partial charge is 0.428 e. The van der Waals surface area contributed by atoms with E-state index in [1.165, 1.54) is 18.9 Å². The van der Waals surface area contributed by atoms with Crippen molar-refractivity contribution in [1.29, 1.82) is 0 Å². The van der Waals surface area contributed by atoms with Crippen molar-refractivity contribution in [3.8, 4) is 0 Å². The number of rotatable bonds is 5. The third-order valence-corrected chi connectivity index (χ3v) is 3.79. The minimum atomic E-state index is -0.751. The average Bonchev–Trinajstić information content (AvgIpc) is 1.78. The predicted molar refractivity (Wildman–Crippen MR) is 53.3 cm³/mol. The molecule has 0 radical (unpaired) electrons. The second-order valence-corrected chi connectivity index (χ2v) is 10.2. The molecule has 0 unspecified atom stereocenters. The summed E-state index contributed by atoms with van der Waals surface area (Å²) in [4.78, 5) is 0. The van der Waals surface area contributed by atoms with Crippen molar-refractivity contribution in [2.45, 2.75) is 38.5 Å². The average molecular weight is 176 g/mol. The Morgan fingerprint density at radius 3 is 2.20 bits per heavy atom. The van der Waals surface area contributed by atoms with Gasteiger partial charge in [-0.05, 0) is 6.42 Å². The standard InChI is InChI=1S/C7H20OSi2/c1-10(2,3)7-5-4-6-8-9/h4-7H2,1-3,9H3. The van der Waals surface area contributed by atoms with Gasteiger partial charge in [0.25, 0.3) is 0 Å². The van der Waals surface area contributed by atoms with Crippen LogP contribution in [0.1, 0.15) is 12.8 Å². The molecule has 0 aliphatic carbocycles. The van der Waals surface area contributed by atoms with Crippen molar-refractivity contribution in [3.05, 3.63) is 0 Å². The maximum absolute atomic E-state index is 5.11. The maximum atomic E-state index is 5.11. The fraction of sp³-hybridized carbons (Fsp3) is 1.00. The molecule has 0 rings (SSSR count). The van der Waals surface area contributed by atoms with Crippen LogP contribution in [-0.2, 0) is 4.43 Å². The molecule has 0 bridgehead atoms. The Hall–Kier alpha value is 0.394. The van der Waals surface area contributed by atoms with Crippen LogP contribution in [0.25, 0.3) is 0 Å². The molecule has 62 valence electrons. The lowest BCUT2D eigenvalue weighted by Crippen LogP contribution is -2.18. The molecule has 10 heavy (non-hydrogen) atoms. The van der Waals surface area contributed by atoms with Gasteiger partial charge < -0.3 is 4.43 Å². The van der Waals surface area contributed by atoms with Crippen LogP contribution in [-0.4, -0.2) is 25.2 Å². The third kappa shape index (κ3) is 8.39. The predicted octanol–water partition coefficient (Wildman–Crippen LogP) is 1.40. The van der Waals surface area contributed by atoms with Gasteiger partial charge in [0.1, 0.15) is 10.5 Å². The molecular weight excluding hydrogens is 156 g/mol. The fourth-order valence-corrected chi connectivity index (χ4v) is 2.50. The quantitative estimate of drug-likeness (QED) is 0.454. The first-order valence-electron chi connectivity index (χ1n) is 4.05. The molecule has 1 nitrogen and oxygen atoms in total. The van der Waals surface area contributed by atoms with E-state index in [9.17, 15) is 0 Å². The molecule has 0 saturated heterocycles. The van der Waals surface area contributed by atoms with Gasteiger partial charge in [-0.2, -0.15) is 0 Å². The van der Waals surface area contributed by atoms with Gasteiger partial charge in [-0.15, -0.1) is 0 Å². The molecule has 3 heteroatoms. The monoisotopic (exact) mass is 176 g/mol. The Balaban J connectivity index is 3.04. The lowest BCUT2D eigenvalue weighted by atomic mass is 10.4. The summed E-state index contributed by atoms with van der Waals surface area (Å²) >= 11 is 0. The van der Waals surface area contributed by atoms with Crippen LogP contribution in [0.5, 0.6) is 0 Å². The van der Waals surface area contributed by atoms with Crippen molar-refractivity contribution < 1.29 is 4.43 Å². The van der Waals surface area contributed by atoms with Gasteiger partial charge >= 0.3 is 0 Å². The summed E-state index contributed by atoms with van der Waals surface area (Å²) in [6, 6.07) is 1.46. The van der Waals surface area contributed by atoms with E-state index < -0.39 is 8.07 Å². The van der Waals surface area contributed by atoms with E-state index in [4.69, 9.17) is 4.43 Å². The first-order valence-corrected chi connectivity index (χ1v) is 8.57. The maximum Gasteiger partial charge on any atom is 0.145 e. The van der Waals surface area contributed by atoms with Gasteiger partial charge in [-0.25, -0.2) is 0 Å². The van der Waals surface area contributed by atoms with E-state index in [1.807, 2.05) is 0 Å². The van der Waals surface area contributed by atoms with Crippen LogP contribution in [0.2, 0.25) is 25.7 Å². The Bertz CT molecular complexity index is 78.2. The summed E-state index contributed by atoms with van der Waals surface area (Å²) in [5, 5.41) is 0. The highest BCUT2D eigenvalue weighted by Gasteiger charge is 2.10. The van der Waals surface area contributed by atoms with Crippen molar-refractivity contribution in [1.82, 2.24) is 0 Å². The second-order valence-electron chi connectivity index (χ2n) is 4.01. The van der Waals surface area contributed by atoms with Crippen molar-refractivity contribution in [2.24, 2.45) is 0 Å². The highest BCUT2D eigenvalue weighted by atomic mass is 28.3. The smallest absolute Gasteiger partial charge is 0.145 e. The minimum Gasteiger partial charge on any atom is -0.428 e. The molecule has 0 amide bonds. The van der Waals surface area contributed by atoms with Gasteiger partial charge in [0.15, 0.2) is 0 Å². The molecule has 0 N–H and O–H groups in total. The summed E-state index contributed by atoms with van der Waals surface area (Å²) < 4.78 is 5.11. The highest BCUT2D eigenvalue weighted by Crippen LogP contribution is 2.12.